The highest BCUT2D eigenvalue weighted by Crippen LogP contribution is 2.33. The third-order valence-corrected chi connectivity index (χ3v) is 8.22. The molecule has 176 valence electrons. The molecule has 3 aromatic carbocycles. The molecule has 34 heavy (non-hydrogen) atoms. The quantitative estimate of drug-likeness (QED) is 0.239. The molecule has 3 rings (SSSR count). The van der Waals surface area contributed by atoms with Gasteiger partial charge in [0.25, 0.3) is 10.0 Å². The first-order valence-corrected chi connectivity index (χ1v) is 14.1. The summed E-state index contributed by atoms with van der Waals surface area (Å²) in [5.41, 5.74) is 2.04. The molecule has 0 bridgehead atoms. The van der Waals surface area contributed by atoms with Crippen LogP contribution in [-0.2, 0) is 10.0 Å². The van der Waals surface area contributed by atoms with E-state index in [9.17, 15) is 17.6 Å². The Labute approximate surface area is 208 Å². The second-order valence-electron chi connectivity index (χ2n) is 7.24. The van der Waals surface area contributed by atoms with E-state index in [0.29, 0.717) is 16.0 Å². The van der Waals surface area contributed by atoms with Gasteiger partial charge in [0.05, 0.1) is 9.92 Å². The maximum absolute atomic E-state index is 13.7. The van der Waals surface area contributed by atoms with Gasteiger partial charge in [-0.1, -0.05) is 60.2 Å². The van der Waals surface area contributed by atoms with Gasteiger partial charge in [0.15, 0.2) is 5.78 Å². The van der Waals surface area contributed by atoms with Crippen molar-refractivity contribution in [2.24, 2.45) is 0 Å². The Bertz CT molecular complexity index is 1300. The summed E-state index contributed by atoms with van der Waals surface area (Å²) < 4.78 is 42.1. The van der Waals surface area contributed by atoms with Crippen LogP contribution in [-0.4, -0.2) is 31.0 Å². The van der Waals surface area contributed by atoms with Crippen molar-refractivity contribution in [1.82, 2.24) is 4.31 Å². The van der Waals surface area contributed by atoms with Gasteiger partial charge in [-0.3, -0.25) is 4.79 Å². The fourth-order valence-electron chi connectivity index (χ4n) is 3.05. The van der Waals surface area contributed by atoms with Crippen molar-refractivity contribution in [2.75, 3.05) is 12.5 Å². The summed E-state index contributed by atoms with van der Waals surface area (Å²) in [5.74, 6) is -0.693. The van der Waals surface area contributed by atoms with Crippen LogP contribution >= 0.6 is 23.5 Å². The molecule has 0 unspecified atom stereocenters. The van der Waals surface area contributed by atoms with Gasteiger partial charge in [-0.05, 0) is 49.3 Å². The zero-order valence-electron chi connectivity index (χ0n) is 18.9. The number of carbonyl (C=O) groups is 1. The molecule has 0 fully saturated rings. The van der Waals surface area contributed by atoms with E-state index in [4.69, 9.17) is 0 Å². The van der Waals surface area contributed by atoms with Gasteiger partial charge in [-0.2, -0.15) is 0 Å². The van der Waals surface area contributed by atoms with Crippen molar-refractivity contribution in [2.45, 2.75) is 11.8 Å². The Kier molecular flexibility index (Phi) is 8.77. The number of halogens is 1. The lowest BCUT2D eigenvalue weighted by atomic mass is 10.1. The fraction of sp³-hybridized carbons (Fsp3) is 0.115. The summed E-state index contributed by atoms with van der Waals surface area (Å²) in [7, 11) is -4.05. The molecule has 0 spiro atoms. The number of rotatable bonds is 9. The number of nitrogens with zero attached hydrogens (tertiary/aromatic N) is 1. The van der Waals surface area contributed by atoms with Gasteiger partial charge >= 0.3 is 0 Å². The summed E-state index contributed by atoms with van der Waals surface area (Å²) in [4.78, 5) is 13.6. The number of carbonyl (C=O) groups excluding carboxylic acids is 1. The smallest absolute Gasteiger partial charge is 0.268 e. The number of hydrogen-bond donors (Lipinski definition) is 0. The SMILES string of the molecule is CS/C(=C\N(/C(=C/C(=O)c1ccccc1)SC)S(=O)(=O)c1ccc(C)cc1)c1ccc(F)cc1. The summed E-state index contributed by atoms with van der Waals surface area (Å²) in [5, 5.41) is 0.239. The van der Waals surface area contributed by atoms with E-state index in [2.05, 4.69) is 0 Å². The molecule has 0 aliphatic carbocycles. The number of ketones is 1. The third-order valence-electron chi connectivity index (χ3n) is 4.90. The highest BCUT2D eigenvalue weighted by Gasteiger charge is 2.26. The van der Waals surface area contributed by atoms with E-state index in [0.717, 1.165) is 21.6 Å². The van der Waals surface area contributed by atoms with E-state index in [-0.39, 0.29) is 21.5 Å². The van der Waals surface area contributed by atoms with Gasteiger partial charge in [0.2, 0.25) is 0 Å². The van der Waals surface area contributed by atoms with E-state index in [1.807, 2.05) is 13.2 Å². The number of sulfonamides is 1. The Morgan fingerprint density at radius 1 is 0.853 bits per heavy atom. The maximum atomic E-state index is 13.7. The van der Waals surface area contributed by atoms with E-state index >= 15 is 0 Å². The highest BCUT2D eigenvalue weighted by molar-refractivity contribution is 8.07. The Morgan fingerprint density at radius 3 is 2.03 bits per heavy atom. The first kappa shape index (κ1) is 25.8. The average Bonchev–Trinajstić information content (AvgIpc) is 2.85. The molecule has 0 atom stereocenters. The lowest BCUT2D eigenvalue weighted by Gasteiger charge is -2.24. The zero-order valence-corrected chi connectivity index (χ0v) is 21.4. The zero-order chi connectivity index (χ0) is 24.7. The van der Waals surface area contributed by atoms with Crippen LogP contribution in [0.2, 0.25) is 0 Å². The predicted octanol–water partition coefficient (Wildman–Crippen LogP) is 6.57. The normalized spacial score (nSPS) is 12.5. The first-order valence-electron chi connectivity index (χ1n) is 10.2. The molecular weight excluding hydrogens is 489 g/mol. The lowest BCUT2D eigenvalue weighted by molar-refractivity contribution is 0.104. The van der Waals surface area contributed by atoms with Crippen LogP contribution in [0.5, 0.6) is 0 Å². The van der Waals surface area contributed by atoms with Crippen molar-refractivity contribution in [3.8, 4) is 0 Å². The van der Waals surface area contributed by atoms with Gasteiger partial charge in [0, 0.05) is 22.7 Å². The van der Waals surface area contributed by atoms with E-state index in [1.165, 1.54) is 36.2 Å². The monoisotopic (exact) mass is 513 g/mol. The second kappa shape index (κ2) is 11.6. The molecule has 0 amide bonds. The molecule has 0 aromatic heterocycles. The van der Waals surface area contributed by atoms with E-state index in [1.54, 1.807) is 73.0 Å². The molecule has 0 aliphatic heterocycles. The minimum absolute atomic E-state index is 0.0982. The summed E-state index contributed by atoms with van der Waals surface area (Å²) in [6.07, 6.45) is 6.33. The van der Waals surface area contributed by atoms with Crippen LogP contribution in [0.3, 0.4) is 0 Å². The van der Waals surface area contributed by atoms with Crippen LogP contribution < -0.4 is 0 Å². The van der Waals surface area contributed by atoms with Crippen molar-refractivity contribution in [3.05, 3.63) is 119 Å². The van der Waals surface area contributed by atoms with Crippen LogP contribution in [0.15, 0.2) is 101 Å². The van der Waals surface area contributed by atoms with Crippen LogP contribution in [0.25, 0.3) is 4.91 Å². The summed E-state index contributed by atoms with van der Waals surface area (Å²) in [6.45, 7) is 1.88. The van der Waals surface area contributed by atoms with Crippen molar-refractivity contribution in [3.63, 3.8) is 0 Å². The minimum Gasteiger partial charge on any atom is -0.289 e. The topological polar surface area (TPSA) is 54.5 Å². The molecule has 3 aromatic rings. The molecule has 0 aliphatic rings. The largest absolute Gasteiger partial charge is 0.289 e. The number of allylic oxidation sites excluding steroid dienone is 1. The first-order chi connectivity index (χ1) is 16.3. The summed E-state index contributed by atoms with van der Waals surface area (Å²) in [6, 6.07) is 21.0. The van der Waals surface area contributed by atoms with Crippen molar-refractivity contribution < 1.29 is 17.6 Å². The number of hydrogen-bond acceptors (Lipinski definition) is 5. The van der Waals surface area contributed by atoms with Gasteiger partial charge in [0.1, 0.15) is 5.82 Å². The molecule has 0 radical (unpaired) electrons. The Balaban J connectivity index is 2.17. The molecular formula is C26H24FNO3S3. The minimum atomic E-state index is -4.05. The van der Waals surface area contributed by atoms with Crippen LogP contribution in [0, 0.1) is 12.7 Å². The summed E-state index contributed by atoms with van der Waals surface area (Å²) >= 11 is 2.47. The Hall–Kier alpha value is -2.81. The van der Waals surface area contributed by atoms with Crippen molar-refractivity contribution in [1.29, 1.82) is 0 Å². The van der Waals surface area contributed by atoms with Crippen molar-refractivity contribution >= 4 is 44.2 Å². The molecule has 4 nitrogen and oxygen atoms in total. The third kappa shape index (κ3) is 6.20. The molecule has 0 heterocycles. The number of thioether (sulfide) groups is 2. The number of benzene rings is 3. The maximum Gasteiger partial charge on any atom is 0.268 e. The van der Waals surface area contributed by atoms with E-state index < -0.39 is 10.0 Å². The fourth-order valence-corrected chi connectivity index (χ4v) is 5.92. The number of aryl methyl sites for hydroxylation is 1. The molecule has 8 heteroatoms. The average molecular weight is 514 g/mol. The highest BCUT2D eigenvalue weighted by atomic mass is 32.2. The molecule has 0 saturated heterocycles. The standard InChI is InChI=1S/C26H24FNO3S3/c1-19-9-15-23(16-10-19)34(30,31)28(18-25(32-2)21-11-13-22(27)14-12-21)26(33-3)17-24(29)20-7-5-4-6-8-20/h4-18H,1-3H3/b25-18-,26-17-. The Morgan fingerprint density at radius 2 is 1.47 bits per heavy atom. The molecule has 0 N–H and O–H groups in total. The second-order valence-corrected chi connectivity index (χ2v) is 10.7. The lowest BCUT2D eigenvalue weighted by Crippen LogP contribution is -2.25. The van der Waals surface area contributed by atoms with Crippen LogP contribution in [0.1, 0.15) is 21.5 Å². The van der Waals surface area contributed by atoms with Gasteiger partial charge in [-0.15, -0.1) is 23.5 Å². The van der Waals surface area contributed by atoms with Gasteiger partial charge < -0.3 is 0 Å². The predicted molar refractivity (Wildman–Crippen MR) is 140 cm³/mol. The van der Waals surface area contributed by atoms with Crippen LogP contribution in [0.4, 0.5) is 4.39 Å². The molecule has 0 saturated carbocycles. The van der Waals surface area contributed by atoms with Gasteiger partial charge in [-0.25, -0.2) is 17.1 Å².